The van der Waals surface area contributed by atoms with Crippen molar-refractivity contribution >= 4 is 16.9 Å². The predicted octanol–water partition coefficient (Wildman–Crippen LogP) is 3.40. The summed E-state index contributed by atoms with van der Waals surface area (Å²) in [5.41, 5.74) is 10.7. The summed E-state index contributed by atoms with van der Waals surface area (Å²) in [6.45, 7) is 2.87. The lowest BCUT2D eigenvalue weighted by Gasteiger charge is -2.38. The van der Waals surface area contributed by atoms with Crippen LogP contribution in [-0.2, 0) is 17.6 Å². The molecule has 1 aliphatic carbocycles. The Morgan fingerprint density at radius 3 is 2.85 bits per heavy atom. The summed E-state index contributed by atoms with van der Waals surface area (Å²) in [6, 6.07) is 12.7. The summed E-state index contributed by atoms with van der Waals surface area (Å²) in [4.78, 5) is 22.9. The molecule has 0 radical (unpaired) electrons. The van der Waals surface area contributed by atoms with Crippen molar-refractivity contribution in [2.24, 2.45) is 0 Å². The lowest BCUT2D eigenvalue weighted by atomic mass is 9.95. The van der Waals surface area contributed by atoms with Crippen molar-refractivity contribution in [3.05, 3.63) is 65.0 Å². The van der Waals surface area contributed by atoms with E-state index in [1.54, 1.807) is 4.90 Å². The number of carbonyl (C=O) groups excluding carboxylic acids is 1. The van der Waals surface area contributed by atoms with E-state index in [9.17, 15) is 4.79 Å². The number of carbonyl (C=O) groups is 1. The fourth-order valence-corrected chi connectivity index (χ4v) is 5.12. The average molecular weight is 440 g/mol. The summed E-state index contributed by atoms with van der Waals surface area (Å²) >= 11 is 0. The smallest absolute Gasteiger partial charge is 0.248 e. The molecule has 0 atom stereocenters. The van der Waals surface area contributed by atoms with Crippen LogP contribution in [0.2, 0.25) is 0 Å². The molecule has 1 aliphatic heterocycles. The number of nitrogens with zero attached hydrogens (tertiary/aromatic N) is 4. The van der Waals surface area contributed by atoms with E-state index in [4.69, 9.17) is 10.1 Å². The van der Waals surface area contributed by atoms with Crippen LogP contribution in [0.1, 0.15) is 34.7 Å². The molecule has 0 spiro atoms. The number of rotatable bonds is 4. The standard InChI is InChI=1S/C26H25N5O2/c1-15-10-22-26(28-24(15)20-7-3-5-16-4-2-6-19(16)20)25(30-29-22)17-8-9-21(27-11-17)18-12-31(13-18)23(33)14-32/h3,5,7-11,18,32H,2,4,6,12-14H2,1H3,(H,29,30). The first-order valence-electron chi connectivity index (χ1n) is 11.4. The van der Waals surface area contributed by atoms with Crippen LogP contribution >= 0.6 is 0 Å². The van der Waals surface area contributed by atoms with Gasteiger partial charge in [0.15, 0.2) is 0 Å². The Kier molecular flexibility index (Phi) is 4.73. The highest BCUT2D eigenvalue weighted by Crippen LogP contribution is 2.35. The third-order valence-electron chi connectivity index (χ3n) is 6.97. The molecule has 166 valence electrons. The average Bonchev–Trinajstić information content (AvgIpc) is 3.44. The van der Waals surface area contributed by atoms with Gasteiger partial charge >= 0.3 is 0 Å². The van der Waals surface area contributed by atoms with Gasteiger partial charge in [-0.15, -0.1) is 0 Å². The van der Waals surface area contributed by atoms with Crippen molar-refractivity contribution in [1.29, 1.82) is 0 Å². The van der Waals surface area contributed by atoms with Gasteiger partial charge in [-0.3, -0.25) is 14.9 Å². The van der Waals surface area contributed by atoms with E-state index in [0.717, 1.165) is 52.1 Å². The number of pyridine rings is 2. The molecule has 7 heteroatoms. The van der Waals surface area contributed by atoms with Crippen LogP contribution in [-0.4, -0.2) is 55.8 Å². The predicted molar refractivity (Wildman–Crippen MR) is 126 cm³/mol. The topological polar surface area (TPSA) is 95.0 Å². The molecule has 2 aliphatic rings. The number of nitrogens with one attached hydrogen (secondary N) is 1. The fourth-order valence-electron chi connectivity index (χ4n) is 5.12. The van der Waals surface area contributed by atoms with E-state index in [1.807, 2.05) is 18.3 Å². The van der Waals surface area contributed by atoms with E-state index >= 15 is 0 Å². The van der Waals surface area contributed by atoms with E-state index in [-0.39, 0.29) is 11.8 Å². The number of aromatic nitrogens is 4. The zero-order valence-electron chi connectivity index (χ0n) is 18.5. The molecule has 3 aromatic heterocycles. The monoisotopic (exact) mass is 439 g/mol. The third kappa shape index (κ3) is 3.31. The lowest BCUT2D eigenvalue weighted by Crippen LogP contribution is -2.49. The van der Waals surface area contributed by atoms with Crippen molar-refractivity contribution in [1.82, 2.24) is 25.1 Å². The van der Waals surface area contributed by atoms with Crippen LogP contribution in [0.5, 0.6) is 0 Å². The molecule has 4 aromatic rings. The number of hydrogen-bond donors (Lipinski definition) is 2. The van der Waals surface area contributed by atoms with Crippen LogP contribution in [0.3, 0.4) is 0 Å². The maximum Gasteiger partial charge on any atom is 0.248 e. The number of aromatic amines is 1. The van der Waals surface area contributed by atoms with Crippen LogP contribution in [0.4, 0.5) is 0 Å². The highest BCUT2D eigenvalue weighted by atomic mass is 16.3. The Balaban J connectivity index is 1.33. The van der Waals surface area contributed by atoms with Gasteiger partial charge in [-0.05, 0) is 61.1 Å². The fraction of sp³-hybridized carbons (Fsp3) is 0.308. The van der Waals surface area contributed by atoms with Gasteiger partial charge in [0.25, 0.3) is 0 Å². The number of hydrogen-bond acceptors (Lipinski definition) is 5. The Morgan fingerprint density at radius 1 is 1.18 bits per heavy atom. The molecule has 2 N–H and O–H groups in total. The number of likely N-dealkylation sites (tertiary alicyclic amines) is 1. The van der Waals surface area contributed by atoms with E-state index in [2.05, 4.69) is 46.4 Å². The van der Waals surface area contributed by atoms with E-state index < -0.39 is 6.61 Å². The van der Waals surface area contributed by atoms with Crippen molar-refractivity contribution in [3.63, 3.8) is 0 Å². The molecule has 0 bridgehead atoms. The van der Waals surface area contributed by atoms with Gasteiger partial charge in [0, 0.05) is 42.0 Å². The van der Waals surface area contributed by atoms with Crippen molar-refractivity contribution in [2.75, 3.05) is 19.7 Å². The van der Waals surface area contributed by atoms with Gasteiger partial charge in [0.05, 0.1) is 11.2 Å². The number of H-pyrrole nitrogens is 1. The van der Waals surface area contributed by atoms with Crippen molar-refractivity contribution in [3.8, 4) is 22.5 Å². The zero-order valence-corrected chi connectivity index (χ0v) is 18.5. The minimum atomic E-state index is -0.439. The Morgan fingerprint density at radius 2 is 2.06 bits per heavy atom. The normalized spacial score (nSPS) is 15.6. The number of aliphatic hydroxyl groups excluding tert-OH is 1. The van der Waals surface area contributed by atoms with Crippen LogP contribution in [0.25, 0.3) is 33.5 Å². The molecule has 6 rings (SSSR count). The van der Waals surface area contributed by atoms with Gasteiger partial charge < -0.3 is 10.0 Å². The summed E-state index contributed by atoms with van der Waals surface area (Å²) in [7, 11) is 0. The van der Waals surface area contributed by atoms with Crippen LogP contribution in [0, 0.1) is 6.92 Å². The second kappa shape index (κ2) is 7.78. The molecule has 33 heavy (non-hydrogen) atoms. The summed E-state index contributed by atoms with van der Waals surface area (Å²) in [6.07, 6.45) is 5.29. The van der Waals surface area contributed by atoms with E-state index in [1.165, 1.54) is 23.1 Å². The Hall–Kier alpha value is -3.58. The third-order valence-corrected chi connectivity index (χ3v) is 6.97. The maximum atomic E-state index is 11.6. The highest BCUT2D eigenvalue weighted by Gasteiger charge is 2.32. The molecule has 7 nitrogen and oxygen atoms in total. The zero-order chi connectivity index (χ0) is 22.5. The van der Waals surface area contributed by atoms with Gasteiger partial charge in [-0.1, -0.05) is 18.2 Å². The summed E-state index contributed by atoms with van der Waals surface area (Å²) in [5.74, 6) is -0.0230. The van der Waals surface area contributed by atoms with Crippen LogP contribution < -0.4 is 0 Å². The first kappa shape index (κ1) is 20.1. The Bertz CT molecular complexity index is 1370. The molecule has 4 heterocycles. The number of aryl methyl sites for hydroxylation is 2. The second-order valence-corrected chi connectivity index (χ2v) is 9.04. The molecular weight excluding hydrogens is 414 g/mol. The number of benzene rings is 1. The summed E-state index contributed by atoms with van der Waals surface area (Å²) in [5, 5.41) is 16.7. The minimum absolute atomic E-state index is 0.207. The lowest BCUT2D eigenvalue weighted by molar-refractivity contribution is -0.138. The number of amides is 1. The molecular formula is C26H25N5O2. The van der Waals surface area contributed by atoms with Gasteiger partial charge in [0.1, 0.15) is 17.8 Å². The number of fused-ring (bicyclic) bond motifs is 2. The SMILES string of the molecule is Cc1cc2[nH]nc(-c3ccc(C4CN(C(=O)CO)C4)nc3)c2nc1-c1cccc2c1CCC2. The first-order valence-corrected chi connectivity index (χ1v) is 11.4. The Labute approximate surface area is 191 Å². The van der Waals surface area contributed by atoms with Crippen molar-refractivity contribution in [2.45, 2.75) is 32.1 Å². The van der Waals surface area contributed by atoms with Gasteiger partial charge in [-0.25, -0.2) is 4.98 Å². The van der Waals surface area contributed by atoms with Gasteiger partial charge in [0.2, 0.25) is 5.91 Å². The minimum Gasteiger partial charge on any atom is -0.387 e. The quantitative estimate of drug-likeness (QED) is 0.508. The number of aliphatic hydroxyl groups is 1. The first-order chi connectivity index (χ1) is 16.1. The van der Waals surface area contributed by atoms with Crippen LogP contribution in [0.15, 0.2) is 42.6 Å². The van der Waals surface area contributed by atoms with E-state index in [0.29, 0.717) is 13.1 Å². The van der Waals surface area contributed by atoms with Gasteiger partial charge in [-0.2, -0.15) is 5.10 Å². The highest BCUT2D eigenvalue weighted by molar-refractivity contribution is 5.92. The maximum absolute atomic E-state index is 11.6. The molecule has 1 amide bonds. The summed E-state index contributed by atoms with van der Waals surface area (Å²) < 4.78 is 0. The van der Waals surface area contributed by atoms with Crippen molar-refractivity contribution < 1.29 is 9.90 Å². The molecule has 1 aromatic carbocycles. The molecule has 0 unspecified atom stereocenters. The largest absolute Gasteiger partial charge is 0.387 e. The molecule has 1 saturated heterocycles. The molecule has 1 fully saturated rings. The second-order valence-electron chi connectivity index (χ2n) is 9.04. The molecule has 0 saturated carbocycles.